The summed E-state index contributed by atoms with van der Waals surface area (Å²) in [4.78, 5) is 17.0. The third kappa shape index (κ3) is 4.48. The van der Waals surface area contributed by atoms with Crippen LogP contribution in [0.4, 0.5) is 35.0 Å². The number of aromatic nitrogens is 4. The molecule has 1 unspecified atom stereocenters. The summed E-state index contributed by atoms with van der Waals surface area (Å²) in [5, 5.41) is 10.5. The van der Waals surface area contributed by atoms with Crippen LogP contribution in [0.2, 0.25) is 0 Å². The number of H-pyrrole nitrogens is 1. The lowest BCUT2D eigenvalue weighted by atomic mass is 9.91. The molecule has 35 heavy (non-hydrogen) atoms. The van der Waals surface area contributed by atoms with Gasteiger partial charge in [-0.2, -0.15) is 18.3 Å². The van der Waals surface area contributed by atoms with Gasteiger partial charge in [0.25, 0.3) is 0 Å². The van der Waals surface area contributed by atoms with Crippen LogP contribution in [0.1, 0.15) is 18.5 Å². The van der Waals surface area contributed by atoms with E-state index in [0.29, 0.717) is 27.5 Å². The predicted octanol–water partition coefficient (Wildman–Crippen LogP) is 4.34. The van der Waals surface area contributed by atoms with Gasteiger partial charge in [-0.15, -0.1) is 0 Å². The number of aliphatic imine (C=N–C) groups is 1. The molecule has 0 aromatic carbocycles. The van der Waals surface area contributed by atoms with Gasteiger partial charge in [-0.05, 0) is 49.6 Å². The number of nitrogens with one attached hydrogen (secondary N) is 2. The molecule has 0 amide bonds. The minimum atomic E-state index is -4.38. The molecule has 6 rings (SSSR count). The Morgan fingerprint density at radius 1 is 1.17 bits per heavy atom. The minimum absolute atomic E-state index is 0.134. The van der Waals surface area contributed by atoms with Crippen LogP contribution in [0.3, 0.4) is 0 Å². The molecule has 0 radical (unpaired) electrons. The number of alkyl halides is 4. The molecular formula is C22H22F4N8S. The van der Waals surface area contributed by atoms with E-state index >= 15 is 0 Å². The van der Waals surface area contributed by atoms with Gasteiger partial charge < -0.3 is 15.1 Å². The zero-order chi connectivity index (χ0) is 24.4. The van der Waals surface area contributed by atoms with Crippen LogP contribution in [-0.4, -0.2) is 68.4 Å². The van der Waals surface area contributed by atoms with Crippen molar-refractivity contribution in [1.29, 1.82) is 0 Å². The van der Waals surface area contributed by atoms with Crippen LogP contribution < -0.4 is 10.2 Å². The summed E-state index contributed by atoms with van der Waals surface area (Å²) in [6.45, 7) is 2.18. The van der Waals surface area contributed by atoms with Crippen molar-refractivity contribution >= 4 is 35.1 Å². The quantitative estimate of drug-likeness (QED) is 0.445. The first-order valence-electron chi connectivity index (χ1n) is 11.3. The van der Waals surface area contributed by atoms with Gasteiger partial charge in [0.2, 0.25) is 0 Å². The highest BCUT2D eigenvalue weighted by Crippen LogP contribution is 2.48. The summed E-state index contributed by atoms with van der Waals surface area (Å²) >= 11 is 1.22. The molecule has 2 N–H and O–H groups in total. The van der Waals surface area contributed by atoms with Crippen molar-refractivity contribution < 1.29 is 17.6 Å². The van der Waals surface area contributed by atoms with Gasteiger partial charge in [0.05, 0.1) is 25.3 Å². The van der Waals surface area contributed by atoms with E-state index in [1.165, 1.54) is 16.7 Å². The van der Waals surface area contributed by atoms with Gasteiger partial charge >= 0.3 is 6.18 Å². The van der Waals surface area contributed by atoms with E-state index in [4.69, 9.17) is 0 Å². The molecule has 1 saturated heterocycles. The third-order valence-corrected chi connectivity index (χ3v) is 7.26. The van der Waals surface area contributed by atoms with Crippen LogP contribution in [-0.2, 0) is 0 Å². The maximum absolute atomic E-state index is 15.0. The van der Waals surface area contributed by atoms with Crippen molar-refractivity contribution in [2.24, 2.45) is 10.9 Å². The monoisotopic (exact) mass is 506 g/mol. The Kier molecular flexibility index (Phi) is 5.09. The second-order valence-corrected chi connectivity index (χ2v) is 10.3. The van der Waals surface area contributed by atoms with Gasteiger partial charge in [0.1, 0.15) is 29.0 Å². The number of rotatable bonds is 6. The molecule has 1 aliphatic carbocycles. The lowest BCUT2D eigenvalue weighted by Gasteiger charge is -2.45. The van der Waals surface area contributed by atoms with Gasteiger partial charge in [-0.3, -0.25) is 10.1 Å². The fourth-order valence-corrected chi connectivity index (χ4v) is 5.24. The average Bonchev–Trinajstić information content (AvgIpc) is 3.41. The number of fused-ring (bicyclic) bond motifs is 1. The fourth-order valence-electron chi connectivity index (χ4n) is 4.43. The summed E-state index contributed by atoms with van der Waals surface area (Å²) in [5.74, 6) is 2.16. The SMILES string of the molecule is Cc1cc(Nc2cc(N3CC(F)(C4CC4)C3)nc(SC3=CN4CC(C(F)(F)F)N=C4C=C3)n2)[nH]n1. The molecule has 13 heteroatoms. The molecule has 8 nitrogen and oxygen atoms in total. The Hall–Kier alpha value is -3.09. The van der Waals surface area contributed by atoms with Gasteiger partial charge in [0.15, 0.2) is 11.2 Å². The maximum atomic E-state index is 15.0. The van der Waals surface area contributed by atoms with E-state index < -0.39 is 17.9 Å². The highest BCUT2D eigenvalue weighted by atomic mass is 32.2. The topological polar surface area (TPSA) is 85.3 Å². The molecule has 0 bridgehead atoms. The van der Waals surface area contributed by atoms with Crippen molar-refractivity contribution in [1.82, 2.24) is 25.1 Å². The zero-order valence-electron chi connectivity index (χ0n) is 18.7. The number of nitrogens with zero attached hydrogens (tertiary/aromatic N) is 6. The van der Waals surface area contributed by atoms with Gasteiger partial charge in [0, 0.05) is 23.2 Å². The first-order chi connectivity index (χ1) is 16.6. The second-order valence-electron chi connectivity index (χ2n) is 9.27. The number of halogens is 4. The van der Waals surface area contributed by atoms with E-state index in [1.54, 1.807) is 24.4 Å². The molecule has 2 aromatic rings. The predicted molar refractivity (Wildman–Crippen MR) is 124 cm³/mol. The highest BCUT2D eigenvalue weighted by molar-refractivity contribution is 8.03. The summed E-state index contributed by atoms with van der Waals surface area (Å²) in [5.41, 5.74) is -0.356. The van der Waals surface area contributed by atoms with Crippen molar-refractivity contribution in [2.75, 3.05) is 29.9 Å². The molecule has 3 aliphatic heterocycles. The Balaban J connectivity index is 1.23. The van der Waals surface area contributed by atoms with E-state index in [2.05, 4.69) is 30.5 Å². The first-order valence-corrected chi connectivity index (χ1v) is 12.1. The summed E-state index contributed by atoms with van der Waals surface area (Å²) < 4.78 is 54.2. The third-order valence-electron chi connectivity index (χ3n) is 6.42. The van der Waals surface area contributed by atoms with E-state index in [0.717, 1.165) is 18.5 Å². The number of anilines is 3. The molecule has 4 aliphatic rings. The summed E-state index contributed by atoms with van der Waals surface area (Å²) in [6.07, 6.45) is 2.36. The Morgan fingerprint density at radius 2 is 1.97 bits per heavy atom. The lowest BCUT2D eigenvalue weighted by molar-refractivity contribution is -0.145. The number of hydrogen-bond donors (Lipinski definition) is 2. The number of aromatic amines is 1. The number of amidine groups is 1. The first kappa shape index (κ1) is 22.4. The Labute approximate surface area is 202 Å². The average molecular weight is 507 g/mol. The standard InChI is InChI=1S/C22H22F4N8S/c1-12-6-17(32-31-12)28-16-7-19(34-10-21(23,11-34)13-2-3-13)30-20(29-16)35-14-4-5-18-27-15(22(24,25)26)9-33(18)8-14/h4-8,13,15H,2-3,9-11H2,1H3,(H2,28,29,30,31,32). The molecule has 2 fully saturated rings. The van der Waals surface area contributed by atoms with Crippen LogP contribution >= 0.6 is 11.8 Å². The van der Waals surface area contributed by atoms with Crippen LogP contribution in [0.15, 0.2) is 45.5 Å². The molecule has 1 saturated carbocycles. The summed E-state index contributed by atoms with van der Waals surface area (Å²) in [7, 11) is 0. The van der Waals surface area contributed by atoms with Crippen molar-refractivity contribution in [2.45, 2.75) is 42.8 Å². The largest absolute Gasteiger partial charge is 0.412 e. The number of aryl methyl sites for hydroxylation is 1. The van der Waals surface area contributed by atoms with Crippen LogP contribution in [0.5, 0.6) is 0 Å². The molecule has 1 atom stereocenters. The smallest absolute Gasteiger partial charge is 0.350 e. The normalized spacial score (nSPS) is 23.1. The molecular weight excluding hydrogens is 484 g/mol. The van der Waals surface area contributed by atoms with Crippen molar-refractivity contribution in [3.63, 3.8) is 0 Å². The second kappa shape index (κ2) is 7.97. The van der Waals surface area contributed by atoms with E-state index in [9.17, 15) is 17.6 Å². The van der Waals surface area contributed by atoms with Crippen molar-refractivity contribution in [3.8, 4) is 0 Å². The van der Waals surface area contributed by atoms with Crippen LogP contribution in [0, 0.1) is 12.8 Å². The number of thioether (sulfide) groups is 1. The Bertz CT molecular complexity index is 1240. The number of allylic oxidation sites excluding steroid dienone is 1. The summed E-state index contributed by atoms with van der Waals surface area (Å²) in [6, 6.07) is 1.85. The Morgan fingerprint density at radius 3 is 2.66 bits per heavy atom. The maximum Gasteiger partial charge on any atom is 0.412 e. The lowest BCUT2D eigenvalue weighted by Crippen LogP contribution is -2.60. The molecule has 184 valence electrons. The van der Waals surface area contributed by atoms with E-state index in [-0.39, 0.29) is 31.4 Å². The van der Waals surface area contributed by atoms with Crippen LogP contribution in [0.25, 0.3) is 0 Å². The van der Waals surface area contributed by atoms with E-state index in [1.807, 2.05) is 17.9 Å². The number of hydrogen-bond acceptors (Lipinski definition) is 8. The molecule has 5 heterocycles. The zero-order valence-corrected chi connectivity index (χ0v) is 19.5. The fraction of sp³-hybridized carbons (Fsp3) is 0.455. The highest BCUT2D eigenvalue weighted by Gasteiger charge is 2.54. The van der Waals surface area contributed by atoms with Crippen molar-refractivity contribution in [3.05, 3.63) is 41.1 Å². The minimum Gasteiger partial charge on any atom is -0.350 e. The molecule has 0 spiro atoms. The van der Waals surface area contributed by atoms with Gasteiger partial charge in [-0.1, -0.05) is 0 Å². The van der Waals surface area contributed by atoms with Gasteiger partial charge in [-0.25, -0.2) is 14.4 Å². The molecule has 2 aromatic heterocycles.